The van der Waals surface area contributed by atoms with Crippen molar-refractivity contribution in [3.63, 3.8) is 0 Å². The zero-order chi connectivity index (χ0) is 23.1. The molecule has 3 rings (SSSR count). The predicted octanol–water partition coefficient (Wildman–Crippen LogP) is 4.11. The number of carbonyl (C=O) groups excluding carboxylic acids is 2. The van der Waals surface area contributed by atoms with Crippen LogP contribution in [0.4, 0.5) is 5.69 Å². The van der Waals surface area contributed by atoms with Gasteiger partial charge in [-0.1, -0.05) is 37.3 Å². The first-order chi connectivity index (χ1) is 15.3. The van der Waals surface area contributed by atoms with Gasteiger partial charge in [0.05, 0.1) is 10.3 Å². The van der Waals surface area contributed by atoms with E-state index in [1.807, 2.05) is 32.0 Å². The Balaban J connectivity index is 1.56. The third kappa shape index (κ3) is 6.29. The first kappa shape index (κ1) is 23.2. The fourth-order valence-corrected chi connectivity index (χ4v) is 4.73. The summed E-state index contributed by atoms with van der Waals surface area (Å²) in [6.07, 6.45) is 2.33. The van der Waals surface area contributed by atoms with E-state index in [1.54, 1.807) is 18.2 Å². The molecule has 3 aromatic rings. The molecule has 0 saturated carbocycles. The number of hydrazine groups is 1. The molecular weight excluding hydrogens is 446 g/mol. The minimum atomic E-state index is -3.71. The van der Waals surface area contributed by atoms with Crippen molar-refractivity contribution in [2.45, 2.75) is 20.3 Å². The van der Waals surface area contributed by atoms with Gasteiger partial charge >= 0.3 is 0 Å². The van der Waals surface area contributed by atoms with Gasteiger partial charge in [0.1, 0.15) is 0 Å². The largest absolute Gasteiger partial charge is 0.280 e. The Hall–Kier alpha value is -3.43. The van der Waals surface area contributed by atoms with Gasteiger partial charge in [0.15, 0.2) is 0 Å². The highest BCUT2D eigenvalue weighted by Gasteiger charge is 2.13. The van der Waals surface area contributed by atoms with Gasteiger partial charge in [0.2, 0.25) is 0 Å². The Morgan fingerprint density at radius 3 is 2.25 bits per heavy atom. The second-order valence-corrected chi connectivity index (χ2v) is 9.62. The average molecular weight is 470 g/mol. The summed E-state index contributed by atoms with van der Waals surface area (Å²) >= 11 is 1.39. The molecule has 0 radical (unpaired) electrons. The van der Waals surface area contributed by atoms with E-state index in [2.05, 4.69) is 15.6 Å². The van der Waals surface area contributed by atoms with Crippen LogP contribution in [0.2, 0.25) is 0 Å². The van der Waals surface area contributed by atoms with Crippen LogP contribution in [0.1, 0.15) is 43.0 Å². The number of benzene rings is 2. The lowest BCUT2D eigenvalue weighted by atomic mass is 10.2. The molecule has 0 aliphatic heterocycles. The molecule has 0 aliphatic rings. The number of hydrogen-bond donors (Lipinski definition) is 3. The van der Waals surface area contributed by atoms with Crippen LogP contribution in [0.25, 0.3) is 6.08 Å². The van der Waals surface area contributed by atoms with Crippen molar-refractivity contribution in [1.82, 2.24) is 10.9 Å². The SMILES string of the molecule is CCc1sc(C(=O)NNC(=O)c2ccc(NS(=O)(=O)/C=C/c3ccccc3)cc2)cc1C. The number of aryl methyl sites for hydroxylation is 2. The van der Waals surface area contributed by atoms with E-state index in [0.29, 0.717) is 10.6 Å². The average Bonchev–Trinajstić information content (AvgIpc) is 3.17. The Bertz CT molecular complexity index is 1230. The molecule has 1 heterocycles. The number of rotatable bonds is 7. The van der Waals surface area contributed by atoms with Crippen molar-refractivity contribution >= 4 is 44.9 Å². The highest BCUT2D eigenvalue weighted by Crippen LogP contribution is 2.22. The molecule has 7 nitrogen and oxygen atoms in total. The van der Waals surface area contributed by atoms with Gasteiger partial charge in [-0.05, 0) is 60.9 Å². The van der Waals surface area contributed by atoms with Crippen LogP contribution in [0, 0.1) is 6.92 Å². The standard InChI is InChI=1S/C23H23N3O4S2/c1-3-20-16(2)15-21(31-20)23(28)25-24-22(27)18-9-11-19(12-10-18)26-32(29,30)14-13-17-7-5-4-6-8-17/h4-15,26H,3H2,1-2H3,(H,24,27)(H,25,28)/b14-13+. The van der Waals surface area contributed by atoms with E-state index in [9.17, 15) is 18.0 Å². The van der Waals surface area contributed by atoms with Crippen LogP contribution >= 0.6 is 11.3 Å². The van der Waals surface area contributed by atoms with E-state index in [0.717, 1.165) is 27.8 Å². The maximum atomic E-state index is 12.3. The number of amides is 2. The van der Waals surface area contributed by atoms with Crippen molar-refractivity contribution in [1.29, 1.82) is 0 Å². The molecule has 2 aromatic carbocycles. The molecule has 3 N–H and O–H groups in total. The summed E-state index contributed by atoms with van der Waals surface area (Å²) in [5.74, 6) is -0.901. The maximum absolute atomic E-state index is 12.3. The van der Waals surface area contributed by atoms with Gasteiger partial charge in [-0.15, -0.1) is 11.3 Å². The molecule has 0 unspecified atom stereocenters. The van der Waals surface area contributed by atoms with Gasteiger partial charge in [-0.3, -0.25) is 25.2 Å². The summed E-state index contributed by atoms with van der Waals surface area (Å²) in [6, 6.07) is 16.7. The van der Waals surface area contributed by atoms with Gasteiger partial charge in [0.25, 0.3) is 21.8 Å². The third-order valence-corrected chi connectivity index (χ3v) is 6.90. The highest BCUT2D eigenvalue weighted by atomic mass is 32.2. The van der Waals surface area contributed by atoms with Crippen LogP contribution < -0.4 is 15.6 Å². The second kappa shape index (κ2) is 10.3. The lowest BCUT2D eigenvalue weighted by Crippen LogP contribution is -2.41. The second-order valence-electron chi connectivity index (χ2n) is 6.92. The number of anilines is 1. The fraction of sp³-hybridized carbons (Fsp3) is 0.130. The van der Waals surface area contributed by atoms with Crippen LogP contribution in [-0.2, 0) is 16.4 Å². The molecule has 1 aromatic heterocycles. The van der Waals surface area contributed by atoms with Crippen LogP contribution in [0.3, 0.4) is 0 Å². The summed E-state index contributed by atoms with van der Waals surface area (Å²) in [6.45, 7) is 3.96. The summed E-state index contributed by atoms with van der Waals surface area (Å²) < 4.78 is 26.9. The highest BCUT2D eigenvalue weighted by molar-refractivity contribution is 7.95. The predicted molar refractivity (Wildman–Crippen MR) is 128 cm³/mol. The first-order valence-electron chi connectivity index (χ1n) is 9.83. The Morgan fingerprint density at radius 1 is 0.969 bits per heavy atom. The zero-order valence-corrected chi connectivity index (χ0v) is 19.2. The lowest BCUT2D eigenvalue weighted by Gasteiger charge is -2.08. The van der Waals surface area contributed by atoms with Crippen molar-refractivity contribution in [3.05, 3.63) is 92.5 Å². The molecule has 9 heteroatoms. The minimum Gasteiger partial charge on any atom is -0.280 e. The molecule has 32 heavy (non-hydrogen) atoms. The fourth-order valence-electron chi connectivity index (χ4n) is 2.85. The molecule has 0 atom stereocenters. The number of sulfonamides is 1. The van der Waals surface area contributed by atoms with Crippen LogP contribution in [-0.4, -0.2) is 20.2 Å². The van der Waals surface area contributed by atoms with E-state index in [4.69, 9.17) is 0 Å². The van der Waals surface area contributed by atoms with Crippen molar-refractivity contribution < 1.29 is 18.0 Å². The molecule has 0 spiro atoms. The smallest absolute Gasteiger partial charge is 0.279 e. The minimum absolute atomic E-state index is 0.268. The molecule has 0 aliphatic carbocycles. The Morgan fingerprint density at radius 2 is 1.62 bits per heavy atom. The third-order valence-electron chi connectivity index (χ3n) is 4.50. The molecule has 0 fully saturated rings. The van der Waals surface area contributed by atoms with Gasteiger partial charge < -0.3 is 0 Å². The van der Waals surface area contributed by atoms with Gasteiger partial charge in [-0.25, -0.2) is 8.42 Å². The Kier molecular flexibility index (Phi) is 7.45. The van der Waals surface area contributed by atoms with Crippen molar-refractivity contribution in [3.8, 4) is 0 Å². The number of thiophene rings is 1. The molecule has 166 valence electrons. The quantitative estimate of drug-likeness (QED) is 0.453. The normalized spacial score (nSPS) is 11.3. The van der Waals surface area contributed by atoms with Crippen LogP contribution in [0.15, 0.2) is 66.1 Å². The number of nitrogens with one attached hydrogen (secondary N) is 3. The van der Waals surface area contributed by atoms with E-state index in [1.165, 1.54) is 41.7 Å². The van der Waals surface area contributed by atoms with Crippen molar-refractivity contribution in [2.75, 3.05) is 4.72 Å². The molecule has 0 saturated heterocycles. The first-order valence-corrected chi connectivity index (χ1v) is 12.2. The number of carbonyl (C=O) groups is 2. The summed E-state index contributed by atoms with van der Waals surface area (Å²) in [5, 5.41) is 1.08. The summed E-state index contributed by atoms with van der Waals surface area (Å²) in [4.78, 5) is 26.2. The molecule has 0 bridgehead atoms. The Labute approximate surface area is 191 Å². The maximum Gasteiger partial charge on any atom is 0.279 e. The number of hydrogen-bond acceptors (Lipinski definition) is 5. The van der Waals surface area contributed by atoms with Crippen molar-refractivity contribution in [2.24, 2.45) is 0 Å². The van der Waals surface area contributed by atoms with E-state index < -0.39 is 15.9 Å². The summed E-state index contributed by atoms with van der Waals surface area (Å²) in [5.41, 5.74) is 7.15. The van der Waals surface area contributed by atoms with Gasteiger partial charge in [0, 0.05) is 16.1 Å². The van der Waals surface area contributed by atoms with E-state index in [-0.39, 0.29) is 11.5 Å². The van der Waals surface area contributed by atoms with Gasteiger partial charge in [-0.2, -0.15) is 0 Å². The summed E-state index contributed by atoms with van der Waals surface area (Å²) in [7, 11) is -3.71. The monoisotopic (exact) mass is 469 g/mol. The van der Waals surface area contributed by atoms with Crippen LogP contribution in [0.5, 0.6) is 0 Å². The van der Waals surface area contributed by atoms with E-state index >= 15 is 0 Å². The molecular formula is C23H23N3O4S2. The molecule has 2 amide bonds. The topological polar surface area (TPSA) is 104 Å². The zero-order valence-electron chi connectivity index (χ0n) is 17.6. The lowest BCUT2D eigenvalue weighted by molar-refractivity contribution is 0.0849.